The Bertz CT molecular complexity index is 729. The lowest BCUT2D eigenvalue weighted by Crippen LogP contribution is -2.56. The number of nitrogens with one attached hydrogen (secondary N) is 2. The Balaban J connectivity index is 1.36. The fourth-order valence-corrected chi connectivity index (χ4v) is 5.48. The third kappa shape index (κ3) is 4.11. The molecule has 2 atom stereocenters. The first-order valence-corrected chi connectivity index (χ1v) is 10.9. The van der Waals surface area contributed by atoms with E-state index in [0.717, 1.165) is 17.3 Å². The minimum absolute atomic E-state index is 0.480. The van der Waals surface area contributed by atoms with Crippen molar-refractivity contribution in [3.8, 4) is 0 Å². The van der Waals surface area contributed by atoms with Gasteiger partial charge in [0.15, 0.2) is 5.11 Å². The van der Waals surface area contributed by atoms with Crippen molar-refractivity contribution in [2.45, 2.75) is 63.7 Å². The highest BCUT2D eigenvalue weighted by molar-refractivity contribution is 7.80. The molecule has 2 N–H and O–H groups in total. The van der Waals surface area contributed by atoms with Crippen molar-refractivity contribution in [2.75, 3.05) is 5.32 Å². The van der Waals surface area contributed by atoms with Gasteiger partial charge in [-0.05, 0) is 67.9 Å². The van der Waals surface area contributed by atoms with Gasteiger partial charge in [0.05, 0.1) is 0 Å². The molecule has 0 amide bonds. The third-order valence-corrected chi connectivity index (χ3v) is 6.85. The van der Waals surface area contributed by atoms with Crippen LogP contribution in [0.25, 0.3) is 0 Å². The van der Waals surface area contributed by atoms with Crippen molar-refractivity contribution in [3.05, 3.63) is 52.2 Å². The SMILES string of the molecule is Cc1ccccc1NC(=S)NC1C[C@H]2CCC[C@H](C1)N2Cc1cccs1. The molecular formula is C21H27N3S2. The second kappa shape index (κ2) is 8.07. The molecule has 0 radical (unpaired) electrons. The van der Waals surface area contributed by atoms with Gasteiger partial charge in [0.1, 0.15) is 0 Å². The minimum atomic E-state index is 0.480. The quantitative estimate of drug-likeness (QED) is 0.730. The number of piperidine rings is 2. The molecule has 26 heavy (non-hydrogen) atoms. The Hall–Kier alpha value is -1.43. The van der Waals surface area contributed by atoms with E-state index in [-0.39, 0.29) is 0 Å². The van der Waals surface area contributed by atoms with E-state index in [1.54, 1.807) is 0 Å². The zero-order valence-electron chi connectivity index (χ0n) is 15.3. The van der Waals surface area contributed by atoms with Crippen molar-refractivity contribution in [2.24, 2.45) is 0 Å². The molecule has 1 aromatic carbocycles. The molecule has 2 saturated heterocycles. The summed E-state index contributed by atoms with van der Waals surface area (Å²) >= 11 is 7.48. The molecule has 4 rings (SSSR count). The van der Waals surface area contributed by atoms with Crippen molar-refractivity contribution < 1.29 is 0 Å². The number of thiophene rings is 1. The zero-order valence-corrected chi connectivity index (χ0v) is 16.9. The normalized spacial score (nSPS) is 25.7. The molecule has 2 fully saturated rings. The van der Waals surface area contributed by atoms with E-state index in [4.69, 9.17) is 12.2 Å². The Morgan fingerprint density at radius 1 is 1.15 bits per heavy atom. The number of benzene rings is 1. The largest absolute Gasteiger partial charge is 0.360 e. The summed E-state index contributed by atoms with van der Waals surface area (Å²) in [5, 5.41) is 9.93. The topological polar surface area (TPSA) is 27.3 Å². The Kier molecular flexibility index (Phi) is 5.57. The number of rotatable bonds is 4. The average molecular weight is 386 g/mol. The summed E-state index contributed by atoms with van der Waals surface area (Å²) in [6.07, 6.45) is 6.39. The lowest BCUT2D eigenvalue weighted by atomic mass is 9.81. The van der Waals surface area contributed by atoms with E-state index in [1.807, 2.05) is 17.4 Å². The van der Waals surface area contributed by atoms with Gasteiger partial charge in [-0.25, -0.2) is 0 Å². The van der Waals surface area contributed by atoms with E-state index in [2.05, 4.69) is 58.2 Å². The summed E-state index contributed by atoms with van der Waals surface area (Å²) < 4.78 is 0. The van der Waals surface area contributed by atoms with Crippen LogP contribution in [-0.4, -0.2) is 28.1 Å². The molecule has 0 unspecified atom stereocenters. The number of fused-ring (bicyclic) bond motifs is 2. The van der Waals surface area contributed by atoms with E-state index < -0.39 is 0 Å². The lowest BCUT2D eigenvalue weighted by molar-refractivity contribution is 0.0220. The molecule has 0 spiro atoms. The van der Waals surface area contributed by atoms with Crippen LogP contribution in [-0.2, 0) is 6.54 Å². The van der Waals surface area contributed by atoms with Crippen LogP contribution in [0.15, 0.2) is 41.8 Å². The third-order valence-electron chi connectivity index (χ3n) is 5.77. The van der Waals surface area contributed by atoms with Gasteiger partial charge in [-0.1, -0.05) is 30.7 Å². The first-order valence-electron chi connectivity index (χ1n) is 9.60. The van der Waals surface area contributed by atoms with Gasteiger partial charge < -0.3 is 10.6 Å². The van der Waals surface area contributed by atoms with Crippen LogP contribution in [0.5, 0.6) is 0 Å². The molecule has 0 saturated carbocycles. The summed E-state index contributed by atoms with van der Waals surface area (Å²) in [7, 11) is 0. The molecule has 2 aromatic rings. The van der Waals surface area contributed by atoms with Gasteiger partial charge in [0.25, 0.3) is 0 Å². The number of hydrogen-bond donors (Lipinski definition) is 2. The van der Waals surface area contributed by atoms with Gasteiger partial charge in [0.2, 0.25) is 0 Å². The van der Waals surface area contributed by atoms with Crippen LogP contribution >= 0.6 is 23.6 Å². The van der Waals surface area contributed by atoms with Crippen LogP contribution in [0.1, 0.15) is 42.5 Å². The van der Waals surface area contributed by atoms with E-state index in [9.17, 15) is 0 Å². The van der Waals surface area contributed by atoms with E-state index in [1.165, 1.54) is 42.5 Å². The van der Waals surface area contributed by atoms with Crippen LogP contribution in [0, 0.1) is 6.92 Å². The van der Waals surface area contributed by atoms with E-state index in [0.29, 0.717) is 18.1 Å². The lowest BCUT2D eigenvalue weighted by Gasteiger charge is -2.49. The van der Waals surface area contributed by atoms with E-state index >= 15 is 0 Å². The number of thiocarbonyl (C=S) groups is 1. The highest BCUT2D eigenvalue weighted by atomic mass is 32.1. The number of aryl methyl sites for hydroxylation is 1. The van der Waals surface area contributed by atoms with Crippen molar-refractivity contribution >= 4 is 34.4 Å². The maximum atomic E-state index is 5.60. The van der Waals surface area contributed by atoms with Gasteiger partial charge >= 0.3 is 0 Å². The Labute approximate surface area is 165 Å². The molecule has 3 heterocycles. The molecule has 2 aliphatic heterocycles. The maximum absolute atomic E-state index is 5.60. The van der Waals surface area contributed by atoms with Gasteiger partial charge in [-0.2, -0.15) is 0 Å². The molecule has 2 aliphatic rings. The number of nitrogens with zero attached hydrogens (tertiary/aromatic N) is 1. The zero-order chi connectivity index (χ0) is 17.9. The molecule has 3 nitrogen and oxygen atoms in total. The smallest absolute Gasteiger partial charge is 0.171 e. The molecule has 1 aromatic heterocycles. The fraction of sp³-hybridized carbons (Fsp3) is 0.476. The fourth-order valence-electron chi connectivity index (χ4n) is 4.49. The van der Waals surface area contributed by atoms with Crippen LogP contribution in [0.2, 0.25) is 0 Å². The molecule has 5 heteroatoms. The predicted molar refractivity (Wildman–Crippen MR) is 115 cm³/mol. The summed E-state index contributed by atoms with van der Waals surface area (Å²) in [6, 6.07) is 14.6. The number of hydrogen-bond acceptors (Lipinski definition) is 3. The Morgan fingerprint density at radius 2 is 1.92 bits per heavy atom. The highest BCUT2D eigenvalue weighted by Crippen LogP contribution is 2.35. The Morgan fingerprint density at radius 3 is 2.62 bits per heavy atom. The van der Waals surface area contributed by atoms with Crippen LogP contribution < -0.4 is 10.6 Å². The minimum Gasteiger partial charge on any atom is -0.360 e. The van der Waals surface area contributed by atoms with Crippen LogP contribution in [0.4, 0.5) is 5.69 Å². The summed E-state index contributed by atoms with van der Waals surface area (Å²) in [5.41, 5.74) is 2.32. The summed E-state index contributed by atoms with van der Waals surface area (Å²) in [5.74, 6) is 0. The van der Waals surface area contributed by atoms with Gasteiger partial charge in [-0.15, -0.1) is 11.3 Å². The summed E-state index contributed by atoms with van der Waals surface area (Å²) in [4.78, 5) is 4.25. The second-order valence-electron chi connectivity index (χ2n) is 7.57. The first kappa shape index (κ1) is 18.0. The monoisotopic (exact) mass is 385 g/mol. The highest BCUT2D eigenvalue weighted by Gasteiger charge is 2.38. The molecular weight excluding hydrogens is 358 g/mol. The average Bonchev–Trinajstić information content (AvgIpc) is 3.11. The van der Waals surface area contributed by atoms with Crippen molar-refractivity contribution in [3.63, 3.8) is 0 Å². The number of para-hydroxylation sites is 1. The van der Waals surface area contributed by atoms with Crippen molar-refractivity contribution in [1.29, 1.82) is 0 Å². The first-order chi connectivity index (χ1) is 12.7. The number of anilines is 1. The van der Waals surface area contributed by atoms with Crippen molar-refractivity contribution in [1.82, 2.24) is 10.2 Å². The molecule has 2 bridgehead atoms. The van der Waals surface area contributed by atoms with Gasteiger partial charge in [-0.3, -0.25) is 4.90 Å². The second-order valence-corrected chi connectivity index (χ2v) is 9.01. The van der Waals surface area contributed by atoms with Crippen LogP contribution in [0.3, 0.4) is 0 Å². The predicted octanol–water partition coefficient (Wildman–Crippen LogP) is 4.93. The maximum Gasteiger partial charge on any atom is 0.171 e. The standard InChI is InChI=1S/C21H27N3S2/c1-15-6-2-3-10-20(15)23-21(25)22-16-12-17-7-4-8-18(13-16)24(17)14-19-9-5-11-26-19/h2-3,5-6,9-11,16-18H,4,7-8,12-14H2,1H3,(H2,22,23,25)/t17-,18-/m1/s1. The molecule has 138 valence electrons. The molecule has 0 aliphatic carbocycles. The van der Waals surface area contributed by atoms with Gasteiger partial charge in [0, 0.05) is 35.2 Å². The summed E-state index contributed by atoms with van der Waals surface area (Å²) in [6.45, 7) is 3.23.